The van der Waals surface area contributed by atoms with Gasteiger partial charge in [0.05, 0.1) is 0 Å². The number of carbonyl (C=O) groups is 4. The van der Waals surface area contributed by atoms with Crippen molar-refractivity contribution in [2.24, 2.45) is 0 Å². The van der Waals surface area contributed by atoms with Gasteiger partial charge in [0.2, 0.25) is 0 Å². The largest absolute Gasteiger partial charge is 0.311 e. The van der Waals surface area contributed by atoms with Crippen LogP contribution < -0.4 is 10.6 Å². The maximum absolute atomic E-state index is 13.5. The Hall–Kier alpha value is -4.08. The second-order valence-electron chi connectivity index (χ2n) is 10.1. The molecule has 0 atom stereocenters. The summed E-state index contributed by atoms with van der Waals surface area (Å²) in [6.45, 7) is 2.02. The highest BCUT2D eigenvalue weighted by Gasteiger charge is 2.39. The molecular weight excluding hydrogens is 575 g/mol. The monoisotopic (exact) mass is 600 g/mol. The van der Waals surface area contributed by atoms with Gasteiger partial charge in [-0.25, -0.2) is 0 Å². The van der Waals surface area contributed by atoms with Gasteiger partial charge >= 0.3 is 0 Å². The van der Waals surface area contributed by atoms with Crippen molar-refractivity contribution in [1.29, 1.82) is 0 Å². The van der Waals surface area contributed by atoms with E-state index in [9.17, 15) is 19.2 Å². The molecule has 42 heavy (non-hydrogen) atoms. The summed E-state index contributed by atoms with van der Waals surface area (Å²) < 4.78 is 0. The second-order valence-corrected chi connectivity index (χ2v) is 10.9. The van der Waals surface area contributed by atoms with Gasteiger partial charge in [0, 0.05) is 82.3 Å². The normalized spacial score (nSPS) is 14.3. The van der Waals surface area contributed by atoms with Gasteiger partial charge < -0.3 is 10.6 Å². The highest BCUT2D eigenvalue weighted by Crippen LogP contribution is 2.37. The van der Waals surface area contributed by atoms with Crippen LogP contribution in [-0.2, 0) is 13.1 Å². The molecule has 0 unspecified atom stereocenters. The van der Waals surface area contributed by atoms with Gasteiger partial charge in [-0.3, -0.25) is 29.0 Å². The number of nitrogens with one attached hydrogen (secondary N) is 2. The predicted molar refractivity (Wildman–Crippen MR) is 161 cm³/mol. The molecule has 4 aromatic carbocycles. The molecule has 2 aliphatic rings. The van der Waals surface area contributed by atoms with Crippen molar-refractivity contribution in [2.75, 3.05) is 26.2 Å². The lowest BCUT2D eigenvalue weighted by Gasteiger charge is -2.32. The zero-order valence-corrected chi connectivity index (χ0v) is 24.0. The summed E-state index contributed by atoms with van der Waals surface area (Å²) in [5, 5.41) is 8.45. The topological polar surface area (TPSA) is 98.8 Å². The summed E-state index contributed by atoms with van der Waals surface area (Å²) in [4.78, 5) is 56.2. The lowest BCUT2D eigenvalue weighted by molar-refractivity contribution is 0.0590. The lowest BCUT2D eigenvalue weighted by Crippen LogP contribution is -2.46. The Morgan fingerprint density at radius 3 is 1.17 bits per heavy atom. The first-order valence-electron chi connectivity index (χ1n) is 13.6. The van der Waals surface area contributed by atoms with Crippen molar-refractivity contribution in [3.63, 3.8) is 0 Å². The molecular formula is C32H26Cl2N4O4. The fourth-order valence-electron chi connectivity index (χ4n) is 5.49. The zero-order valence-electron chi connectivity index (χ0n) is 22.5. The van der Waals surface area contributed by atoms with Crippen LogP contribution in [0.3, 0.4) is 0 Å². The average Bonchev–Trinajstić information content (AvgIpc) is 2.99. The number of benzene rings is 4. The van der Waals surface area contributed by atoms with Crippen molar-refractivity contribution in [1.82, 2.24) is 20.4 Å². The van der Waals surface area contributed by atoms with Gasteiger partial charge in [-0.15, -0.1) is 0 Å². The van der Waals surface area contributed by atoms with Crippen LogP contribution in [0.2, 0.25) is 10.0 Å². The summed E-state index contributed by atoms with van der Waals surface area (Å²) in [5.74, 6) is -1.83. The Morgan fingerprint density at radius 2 is 0.833 bits per heavy atom. The Morgan fingerprint density at radius 1 is 0.500 bits per heavy atom. The zero-order chi connectivity index (χ0) is 29.4. The summed E-state index contributed by atoms with van der Waals surface area (Å²) in [7, 11) is 0. The molecule has 2 heterocycles. The van der Waals surface area contributed by atoms with Gasteiger partial charge in [-0.2, -0.15) is 0 Å². The molecule has 6 rings (SSSR count). The minimum atomic E-state index is -0.457. The first-order chi connectivity index (χ1) is 20.4. The van der Waals surface area contributed by atoms with E-state index in [4.69, 9.17) is 23.2 Å². The minimum Gasteiger partial charge on any atom is -0.311 e. The average molecular weight is 601 g/mol. The third-order valence-corrected chi connectivity index (χ3v) is 8.37. The Bertz CT molecular complexity index is 1570. The number of halogens is 2. The molecule has 2 aliphatic heterocycles. The molecule has 0 fully saturated rings. The van der Waals surface area contributed by atoms with Gasteiger partial charge in [0.25, 0.3) is 23.6 Å². The third-order valence-electron chi connectivity index (χ3n) is 7.63. The lowest BCUT2D eigenvalue weighted by atomic mass is 9.86. The molecule has 0 spiro atoms. The maximum Gasteiger partial charge on any atom is 0.261 e. The molecule has 0 saturated heterocycles. The van der Waals surface area contributed by atoms with Gasteiger partial charge in [0.1, 0.15) is 0 Å². The van der Waals surface area contributed by atoms with Crippen LogP contribution in [-0.4, -0.2) is 59.6 Å². The van der Waals surface area contributed by atoms with Crippen LogP contribution in [0.15, 0.2) is 72.8 Å². The minimum absolute atomic E-state index is 0.152. The first-order valence-corrected chi connectivity index (χ1v) is 14.3. The van der Waals surface area contributed by atoms with E-state index in [-0.39, 0.29) is 13.1 Å². The fraction of sp³-hybridized carbons (Fsp3) is 0.188. The number of nitrogens with zero attached hydrogens (tertiary/aromatic N) is 2. The SMILES string of the molecule is O=C1c2ccc3c4c(ccc(c24)C(=O)N1CCNCc1ccccc1Cl)C(=O)N(CCNCc1ccccc1Cl)C3=O. The van der Waals surface area contributed by atoms with Gasteiger partial charge in [0.15, 0.2) is 0 Å². The van der Waals surface area contributed by atoms with E-state index >= 15 is 0 Å². The standard InChI is InChI=1S/C32H26Cl2N4O4/c33-25-7-3-1-5-19(25)17-35-13-15-37-29(39)21-9-11-23-28-24(12-10-22(27(21)28)30(37)40)32(42)38(31(23)41)16-14-36-18-20-6-2-4-8-26(20)34/h1-12,35-36H,13-18H2. The number of imide groups is 2. The molecule has 2 N–H and O–H groups in total. The second kappa shape index (κ2) is 11.7. The van der Waals surface area contributed by atoms with Crippen molar-refractivity contribution >= 4 is 57.6 Å². The van der Waals surface area contributed by atoms with Crippen molar-refractivity contribution < 1.29 is 19.2 Å². The molecule has 0 aliphatic carbocycles. The van der Waals surface area contributed by atoms with Crippen LogP contribution >= 0.6 is 23.2 Å². The molecule has 0 aromatic heterocycles. The molecule has 8 nitrogen and oxygen atoms in total. The van der Waals surface area contributed by atoms with E-state index in [0.29, 0.717) is 69.3 Å². The van der Waals surface area contributed by atoms with Crippen LogP contribution in [0.4, 0.5) is 0 Å². The van der Waals surface area contributed by atoms with Gasteiger partial charge in [-0.05, 0) is 47.5 Å². The van der Waals surface area contributed by atoms with Crippen LogP contribution in [0, 0.1) is 0 Å². The van der Waals surface area contributed by atoms with E-state index in [1.165, 1.54) is 9.80 Å². The van der Waals surface area contributed by atoms with E-state index < -0.39 is 23.6 Å². The van der Waals surface area contributed by atoms with Gasteiger partial charge in [-0.1, -0.05) is 59.6 Å². The van der Waals surface area contributed by atoms with Crippen molar-refractivity contribution in [2.45, 2.75) is 13.1 Å². The predicted octanol–water partition coefficient (Wildman–Crippen LogP) is 4.92. The highest BCUT2D eigenvalue weighted by molar-refractivity contribution is 6.33. The quantitative estimate of drug-likeness (QED) is 0.198. The van der Waals surface area contributed by atoms with Crippen LogP contribution in [0.25, 0.3) is 10.8 Å². The fourth-order valence-corrected chi connectivity index (χ4v) is 5.90. The van der Waals surface area contributed by atoms with E-state index in [1.807, 2.05) is 36.4 Å². The molecule has 0 bridgehead atoms. The van der Waals surface area contributed by atoms with E-state index in [2.05, 4.69) is 10.6 Å². The maximum atomic E-state index is 13.5. The molecule has 4 amide bonds. The Balaban J connectivity index is 1.18. The molecule has 0 radical (unpaired) electrons. The van der Waals surface area contributed by atoms with Crippen LogP contribution in [0.1, 0.15) is 52.6 Å². The number of rotatable bonds is 10. The van der Waals surface area contributed by atoms with Crippen LogP contribution in [0.5, 0.6) is 0 Å². The van der Waals surface area contributed by atoms with E-state index in [1.54, 1.807) is 36.4 Å². The first kappa shape index (κ1) is 28.1. The van der Waals surface area contributed by atoms with Crippen molar-refractivity contribution in [3.05, 3.63) is 116 Å². The molecule has 10 heteroatoms. The molecule has 0 saturated carbocycles. The summed E-state index contributed by atoms with van der Waals surface area (Å²) in [5.41, 5.74) is 3.02. The van der Waals surface area contributed by atoms with E-state index in [0.717, 1.165) is 11.1 Å². The van der Waals surface area contributed by atoms with Crippen molar-refractivity contribution in [3.8, 4) is 0 Å². The summed E-state index contributed by atoms with van der Waals surface area (Å²) in [6, 6.07) is 21.2. The Labute approximate surface area is 252 Å². The third kappa shape index (κ3) is 4.97. The highest BCUT2D eigenvalue weighted by atomic mass is 35.5. The number of hydrogen-bond donors (Lipinski definition) is 2. The number of amides is 4. The number of carbonyl (C=O) groups excluding carboxylic acids is 4. The summed E-state index contributed by atoms with van der Waals surface area (Å²) >= 11 is 12.4. The summed E-state index contributed by atoms with van der Waals surface area (Å²) in [6.07, 6.45) is 0. The molecule has 212 valence electrons. The number of hydrogen-bond acceptors (Lipinski definition) is 6. The molecule has 4 aromatic rings. The smallest absolute Gasteiger partial charge is 0.261 e. The Kier molecular flexibility index (Phi) is 7.79.